The molecule has 2 aromatic carbocycles. The van der Waals surface area contributed by atoms with Crippen molar-refractivity contribution in [2.75, 3.05) is 24.2 Å². The number of ether oxygens (including phenoxy) is 1. The summed E-state index contributed by atoms with van der Waals surface area (Å²) in [5.41, 5.74) is 1.01. The van der Waals surface area contributed by atoms with Crippen LogP contribution in [-0.4, -0.2) is 57.1 Å². The van der Waals surface area contributed by atoms with Crippen molar-refractivity contribution in [3.05, 3.63) is 57.5 Å². The molecular formula is C24H31BrClN3O5S. The number of sulfonamides is 1. The average molecular weight is 589 g/mol. The second-order valence-electron chi connectivity index (χ2n) is 8.23. The standard InChI is InChI=1S/C24H31BrClN3O5S/c1-6-16(2)27-24(31)17(3)28(14-18-7-9-19(25)10-8-18)23(30)15-29(35(5,32)33)20-11-12-22(34-4)21(26)13-20/h7-13,16-17H,6,14-15H2,1-5H3,(H,27,31). The third kappa shape index (κ3) is 8.12. The molecule has 11 heteroatoms. The van der Waals surface area contributed by atoms with Gasteiger partial charge in [-0.05, 0) is 56.2 Å². The predicted molar refractivity (Wildman–Crippen MR) is 142 cm³/mol. The van der Waals surface area contributed by atoms with Crippen LogP contribution in [0.1, 0.15) is 32.8 Å². The molecule has 0 bridgehead atoms. The summed E-state index contributed by atoms with van der Waals surface area (Å²) in [5.74, 6) is -0.470. The van der Waals surface area contributed by atoms with Crippen molar-refractivity contribution in [3.8, 4) is 5.75 Å². The van der Waals surface area contributed by atoms with Gasteiger partial charge in [0.15, 0.2) is 0 Å². The summed E-state index contributed by atoms with van der Waals surface area (Å²) in [7, 11) is -2.40. The number of hydrogen-bond donors (Lipinski definition) is 1. The first-order chi connectivity index (χ1) is 16.4. The molecule has 2 atom stereocenters. The molecule has 0 aromatic heterocycles. The molecule has 35 heavy (non-hydrogen) atoms. The van der Waals surface area contributed by atoms with E-state index in [0.29, 0.717) is 5.75 Å². The lowest BCUT2D eigenvalue weighted by molar-refractivity contribution is -0.139. The van der Waals surface area contributed by atoms with E-state index in [1.807, 2.05) is 38.1 Å². The number of rotatable bonds is 11. The Morgan fingerprint density at radius 2 is 1.77 bits per heavy atom. The second kappa shape index (κ2) is 12.6. The fourth-order valence-electron chi connectivity index (χ4n) is 3.26. The van der Waals surface area contributed by atoms with Crippen molar-refractivity contribution >= 4 is 55.1 Å². The van der Waals surface area contributed by atoms with Crippen molar-refractivity contribution in [1.82, 2.24) is 10.2 Å². The monoisotopic (exact) mass is 587 g/mol. The van der Waals surface area contributed by atoms with E-state index >= 15 is 0 Å². The molecule has 2 amide bonds. The number of halogens is 2. The number of amides is 2. The smallest absolute Gasteiger partial charge is 0.244 e. The summed E-state index contributed by atoms with van der Waals surface area (Å²) in [6, 6.07) is 10.9. The van der Waals surface area contributed by atoms with Gasteiger partial charge >= 0.3 is 0 Å². The second-order valence-corrected chi connectivity index (χ2v) is 11.5. The highest BCUT2D eigenvalue weighted by atomic mass is 79.9. The Labute approximate surface area is 220 Å². The topological polar surface area (TPSA) is 96.0 Å². The summed E-state index contributed by atoms with van der Waals surface area (Å²) in [5, 5.41) is 3.10. The molecule has 1 N–H and O–H groups in total. The van der Waals surface area contributed by atoms with Crippen LogP contribution in [0.5, 0.6) is 5.75 Å². The molecule has 0 saturated carbocycles. The highest BCUT2D eigenvalue weighted by molar-refractivity contribution is 9.10. The van der Waals surface area contributed by atoms with Gasteiger partial charge < -0.3 is 15.0 Å². The summed E-state index contributed by atoms with van der Waals surface area (Å²) < 4.78 is 32.3. The molecule has 2 unspecified atom stereocenters. The summed E-state index contributed by atoms with van der Waals surface area (Å²) in [6.07, 6.45) is 1.75. The fraction of sp³-hybridized carbons (Fsp3) is 0.417. The Bertz CT molecular complexity index is 1140. The van der Waals surface area contributed by atoms with Crippen LogP contribution in [0.3, 0.4) is 0 Å². The number of carbonyl (C=O) groups is 2. The van der Waals surface area contributed by atoms with Crippen LogP contribution in [0.4, 0.5) is 5.69 Å². The van der Waals surface area contributed by atoms with Crippen LogP contribution in [0.2, 0.25) is 5.02 Å². The number of nitrogens with one attached hydrogen (secondary N) is 1. The summed E-state index contributed by atoms with van der Waals surface area (Å²) in [4.78, 5) is 27.8. The van der Waals surface area contributed by atoms with Crippen LogP contribution in [0.15, 0.2) is 46.9 Å². The number of anilines is 1. The zero-order chi connectivity index (χ0) is 26.3. The molecule has 0 aliphatic carbocycles. The van der Waals surface area contributed by atoms with Gasteiger partial charge in [-0.25, -0.2) is 8.42 Å². The first-order valence-electron chi connectivity index (χ1n) is 11.0. The molecule has 8 nitrogen and oxygen atoms in total. The van der Waals surface area contributed by atoms with Crippen molar-refractivity contribution in [1.29, 1.82) is 0 Å². The average Bonchev–Trinajstić information content (AvgIpc) is 2.80. The molecule has 2 aromatic rings. The van der Waals surface area contributed by atoms with E-state index in [4.69, 9.17) is 16.3 Å². The minimum atomic E-state index is -3.85. The first kappa shape index (κ1) is 28.9. The normalized spacial score (nSPS) is 13.0. The van der Waals surface area contributed by atoms with E-state index in [1.165, 1.54) is 30.2 Å². The minimum absolute atomic E-state index is 0.0662. The zero-order valence-corrected chi connectivity index (χ0v) is 23.6. The molecule has 0 fully saturated rings. The number of methoxy groups -OCH3 is 1. The number of benzene rings is 2. The first-order valence-corrected chi connectivity index (χ1v) is 14.0. The Kier molecular flexibility index (Phi) is 10.4. The zero-order valence-electron chi connectivity index (χ0n) is 20.4. The lowest BCUT2D eigenvalue weighted by Gasteiger charge is -2.32. The van der Waals surface area contributed by atoms with Crippen molar-refractivity contribution in [2.45, 2.75) is 45.8 Å². The highest BCUT2D eigenvalue weighted by Crippen LogP contribution is 2.30. The maximum atomic E-state index is 13.5. The fourth-order valence-corrected chi connectivity index (χ4v) is 4.62. The van der Waals surface area contributed by atoms with E-state index in [1.54, 1.807) is 6.92 Å². The van der Waals surface area contributed by atoms with Gasteiger partial charge in [0, 0.05) is 17.1 Å². The molecule has 192 valence electrons. The van der Waals surface area contributed by atoms with Crippen LogP contribution in [-0.2, 0) is 26.2 Å². The molecule has 0 heterocycles. The highest BCUT2D eigenvalue weighted by Gasteiger charge is 2.30. The predicted octanol–water partition coefficient (Wildman–Crippen LogP) is 4.21. The Hall–Kier alpha value is -2.30. The van der Waals surface area contributed by atoms with Gasteiger partial charge in [-0.15, -0.1) is 0 Å². The largest absolute Gasteiger partial charge is 0.495 e. The van der Waals surface area contributed by atoms with Crippen LogP contribution in [0, 0.1) is 0 Å². The molecule has 0 saturated heterocycles. The van der Waals surface area contributed by atoms with Crippen molar-refractivity contribution < 1.29 is 22.7 Å². The minimum Gasteiger partial charge on any atom is -0.495 e. The van der Waals surface area contributed by atoms with Gasteiger partial charge in [-0.3, -0.25) is 13.9 Å². The van der Waals surface area contributed by atoms with E-state index in [-0.39, 0.29) is 29.2 Å². The number of hydrogen-bond acceptors (Lipinski definition) is 5. The third-order valence-corrected chi connectivity index (χ3v) is 7.50. The van der Waals surface area contributed by atoms with Gasteiger partial charge in [0.05, 0.1) is 24.1 Å². The van der Waals surface area contributed by atoms with Gasteiger partial charge in [0.2, 0.25) is 21.8 Å². The quantitative estimate of drug-likeness (QED) is 0.424. The number of nitrogens with zero attached hydrogens (tertiary/aromatic N) is 2. The molecule has 0 aliphatic rings. The number of carbonyl (C=O) groups excluding carboxylic acids is 2. The Morgan fingerprint density at radius 3 is 2.29 bits per heavy atom. The maximum Gasteiger partial charge on any atom is 0.244 e. The molecule has 0 radical (unpaired) electrons. The van der Waals surface area contributed by atoms with E-state index in [2.05, 4.69) is 21.2 Å². The molecule has 0 aliphatic heterocycles. The van der Waals surface area contributed by atoms with E-state index in [0.717, 1.165) is 27.0 Å². The van der Waals surface area contributed by atoms with Crippen LogP contribution in [0.25, 0.3) is 0 Å². The van der Waals surface area contributed by atoms with Crippen LogP contribution < -0.4 is 14.4 Å². The summed E-state index contributed by atoms with van der Waals surface area (Å²) >= 11 is 9.58. The SMILES string of the molecule is CCC(C)NC(=O)C(C)N(Cc1ccc(Br)cc1)C(=O)CN(c1ccc(OC)c(Cl)c1)S(C)(=O)=O. The van der Waals surface area contributed by atoms with Gasteiger partial charge in [-0.2, -0.15) is 0 Å². The van der Waals surface area contributed by atoms with E-state index in [9.17, 15) is 18.0 Å². The Morgan fingerprint density at radius 1 is 1.14 bits per heavy atom. The lowest BCUT2D eigenvalue weighted by Crippen LogP contribution is -2.52. The van der Waals surface area contributed by atoms with Crippen molar-refractivity contribution in [2.24, 2.45) is 0 Å². The Balaban J connectivity index is 2.40. The molecular weight excluding hydrogens is 558 g/mol. The maximum absolute atomic E-state index is 13.5. The lowest BCUT2D eigenvalue weighted by atomic mass is 10.1. The third-order valence-electron chi connectivity index (χ3n) is 5.54. The molecule has 0 spiro atoms. The summed E-state index contributed by atoms with van der Waals surface area (Å²) in [6.45, 7) is 5.08. The van der Waals surface area contributed by atoms with Gasteiger partial charge in [-0.1, -0.05) is 46.6 Å². The van der Waals surface area contributed by atoms with Crippen molar-refractivity contribution in [3.63, 3.8) is 0 Å². The van der Waals surface area contributed by atoms with Gasteiger partial charge in [0.1, 0.15) is 18.3 Å². The van der Waals surface area contributed by atoms with E-state index < -0.39 is 28.5 Å². The molecule has 2 rings (SSSR count). The van der Waals surface area contributed by atoms with Crippen LogP contribution >= 0.6 is 27.5 Å². The van der Waals surface area contributed by atoms with Gasteiger partial charge in [0.25, 0.3) is 0 Å².